The minimum Gasteiger partial charge on any atom is -0.310 e. The van der Waals surface area contributed by atoms with Crippen LogP contribution in [-0.4, -0.2) is 11.5 Å². The summed E-state index contributed by atoms with van der Waals surface area (Å²) in [4.78, 5) is 4.23. The van der Waals surface area contributed by atoms with Crippen LogP contribution in [0.1, 0.15) is 18.0 Å². The van der Waals surface area contributed by atoms with Gasteiger partial charge in [0.2, 0.25) is 0 Å². The Hall–Kier alpha value is -0.160. The summed E-state index contributed by atoms with van der Waals surface area (Å²) in [6, 6.07) is 4.76. The minimum atomic E-state index is 0.569. The van der Waals surface area contributed by atoms with Gasteiger partial charge in [-0.25, -0.2) is 4.98 Å². The van der Waals surface area contributed by atoms with Crippen molar-refractivity contribution in [2.24, 2.45) is 0 Å². The molecule has 0 aliphatic carbocycles. The van der Waals surface area contributed by atoms with Gasteiger partial charge >= 0.3 is 0 Å². The van der Waals surface area contributed by atoms with Crippen molar-refractivity contribution in [1.29, 1.82) is 0 Å². The molecule has 0 unspecified atom stereocenters. The third-order valence-corrected chi connectivity index (χ3v) is 2.61. The van der Waals surface area contributed by atoms with Crippen molar-refractivity contribution in [3.8, 4) is 0 Å². The minimum absolute atomic E-state index is 0.569. The molecule has 0 aromatic carbocycles. The molecular weight excluding hydrogens is 251 g/mol. The molecule has 0 saturated carbocycles. The van der Waals surface area contributed by atoms with Crippen LogP contribution in [0.25, 0.3) is 0 Å². The number of nitrogens with one attached hydrogen (secondary N) is 1. The zero-order valence-corrected chi connectivity index (χ0v) is 8.21. The van der Waals surface area contributed by atoms with Crippen LogP contribution in [0, 0.1) is 3.70 Å². The van der Waals surface area contributed by atoms with Crippen molar-refractivity contribution < 1.29 is 0 Å². The van der Waals surface area contributed by atoms with E-state index in [4.69, 9.17) is 0 Å². The molecule has 1 N–H and O–H groups in total. The summed E-state index contributed by atoms with van der Waals surface area (Å²) in [6.45, 7) is 1.15. The number of nitrogens with zero attached hydrogens (tertiary/aromatic N) is 1. The predicted octanol–water partition coefficient (Wildman–Crippen LogP) is 1.72. The monoisotopic (exact) mass is 260 g/mol. The molecule has 0 radical (unpaired) electrons. The summed E-state index contributed by atoms with van der Waals surface area (Å²) in [5, 5.41) is 3.34. The Labute approximate surface area is 79.6 Å². The Morgan fingerprint density at radius 1 is 1.55 bits per heavy atom. The molecule has 2 nitrogen and oxygen atoms in total. The second-order valence-electron chi connectivity index (χ2n) is 2.71. The van der Waals surface area contributed by atoms with Crippen molar-refractivity contribution in [1.82, 2.24) is 10.3 Å². The molecule has 2 rings (SSSR count). The van der Waals surface area contributed by atoms with Crippen molar-refractivity contribution >= 4 is 22.6 Å². The molecule has 1 fully saturated rings. The van der Waals surface area contributed by atoms with Gasteiger partial charge in [0.05, 0.1) is 0 Å². The van der Waals surface area contributed by atoms with Gasteiger partial charge < -0.3 is 5.32 Å². The fourth-order valence-electron chi connectivity index (χ4n) is 1.17. The summed E-state index contributed by atoms with van der Waals surface area (Å²) in [6.07, 6.45) is 3.21. The standard InChI is InChI=1S/C8H9IN2/c9-8-2-1-6(5-11-8)7-3-4-10-7/h1-2,5,7,10H,3-4H2/t7-/m1/s1. The quantitative estimate of drug-likeness (QED) is 0.614. The summed E-state index contributed by atoms with van der Waals surface area (Å²) in [7, 11) is 0. The maximum Gasteiger partial charge on any atom is 0.101 e. The lowest BCUT2D eigenvalue weighted by atomic mass is 10.0. The average molecular weight is 260 g/mol. The lowest BCUT2D eigenvalue weighted by molar-refractivity contribution is 0.382. The first-order valence-corrected chi connectivity index (χ1v) is 4.79. The summed E-state index contributed by atoms with van der Waals surface area (Å²) >= 11 is 2.22. The lowest BCUT2D eigenvalue weighted by Crippen LogP contribution is -2.34. The van der Waals surface area contributed by atoms with Gasteiger partial charge in [-0.1, -0.05) is 6.07 Å². The third kappa shape index (κ3) is 1.54. The number of pyridine rings is 1. The molecule has 1 aliphatic heterocycles. The zero-order valence-electron chi connectivity index (χ0n) is 6.05. The van der Waals surface area contributed by atoms with Crippen molar-refractivity contribution in [2.75, 3.05) is 6.54 Å². The van der Waals surface area contributed by atoms with Crippen molar-refractivity contribution in [3.63, 3.8) is 0 Å². The molecule has 0 amide bonds. The maximum absolute atomic E-state index is 4.23. The molecule has 11 heavy (non-hydrogen) atoms. The fourth-order valence-corrected chi connectivity index (χ4v) is 1.49. The Balaban J connectivity index is 2.18. The van der Waals surface area contributed by atoms with E-state index in [0.717, 1.165) is 10.2 Å². The Morgan fingerprint density at radius 3 is 2.82 bits per heavy atom. The maximum atomic E-state index is 4.23. The van der Waals surface area contributed by atoms with Crippen LogP contribution in [0.4, 0.5) is 0 Å². The molecule has 58 valence electrons. The van der Waals surface area contributed by atoms with Gasteiger partial charge in [-0.05, 0) is 47.2 Å². The van der Waals surface area contributed by atoms with E-state index in [1.807, 2.05) is 6.20 Å². The predicted molar refractivity (Wildman–Crippen MR) is 52.3 cm³/mol. The topological polar surface area (TPSA) is 24.9 Å². The van der Waals surface area contributed by atoms with Gasteiger partial charge in [0.1, 0.15) is 3.70 Å². The van der Waals surface area contributed by atoms with Gasteiger partial charge in [0, 0.05) is 12.2 Å². The van der Waals surface area contributed by atoms with Crippen LogP contribution in [0.2, 0.25) is 0 Å². The van der Waals surface area contributed by atoms with E-state index in [9.17, 15) is 0 Å². The van der Waals surface area contributed by atoms with Crippen LogP contribution < -0.4 is 5.32 Å². The van der Waals surface area contributed by atoms with Crippen LogP contribution in [0.5, 0.6) is 0 Å². The van der Waals surface area contributed by atoms with E-state index < -0.39 is 0 Å². The van der Waals surface area contributed by atoms with Crippen LogP contribution in [-0.2, 0) is 0 Å². The van der Waals surface area contributed by atoms with Crippen LogP contribution >= 0.6 is 22.6 Å². The summed E-state index contributed by atoms with van der Waals surface area (Å²) in [5.74, 6) is 0. The molecule has 1 aliphatic rings. The normalized spacial score (nSPS) is 22.8. The van der Waals surface area contributed by atoms with E-state index in [2.05, 4.69) is 45.0 Å². The second kappa shape index (κ2) is 3.06. The number of hydrogen-bond acceptors (Lipinski definition) is 2. The average Bonchev–Trinajstić information content (AvgIpc) is 1.90. The van der Waals surface area contributed by atoms with Gasteiger partial charge in [0.15, 0.2) is 0 Å². The highest BCUT2D eigenvalue weighted by atomic mass is 127. The van der Waals surface area contributed by atoms with Gasteiger partial charge in [-0.2, -0.15) is 0 Å². The highest BCUT2D eigenvalue weighted by Crippen LogP contribution is 2.21. The van der Waals surface area contributed by atoms with Gasteiger partial charge in [-0.3, -0.25) is 0 Å². The zero-order chi connectivity index (χ0) is 7.68. The summed E-state index contributed by atoms with van der Waals surface area (Å²) < 4.78 is 1.06. The molecule has 0 spiro atoms. The number of hydrogen-bond donors (Lipinski definition) is 1. The van der Waals surface area contributed by atoms with E-state index in [-0.39, 0.29) is 0 Å². The van der Waals surface area contributed by atoms with E-state index >= 15 is 0 Å². The molecule has 3 heteroatoms. The molecule has 1 aromatic heterocycles. The third-order valence-electron chi connectivity index (χ3n) is 1.98. The first-order valence-electron chi connectivity index (χ1n) is 3.71. The number of halogens is 1. The fraction of sp³-hybridized carbons (Fsp3) is 0.375. The first kappa shape index (κ1) is 7.49. The second-order valence-corrected chi connectivity index (χ2v) is 3.81. The van der Waals surface area contributed by atoms with Crippen molar-refractivity contribution in [3.05, 3.63) is 27.6 Å². The van der Waals surface area contributed by atoms with E-state index in [1.165, 1.54) is 12.0 Å². The molecule has 2 heterocycles. The van der Waals surface area contributed by atoms with Crippen LogP contribution in [0.15, 0.2) is 18.3 Å². The van der Waals surface area contributed by atoms with Crippen molar-refractivity contribution in [2.45, 2.75) is 12.5 Å². The van der Waals surface area contributed by atoms with Gasteiger partial charge in [0.25, 0.3) is 0 Å². The van der Waals surface area contributed by atoms with E-state index in [0.29, 0.717) is 6.04 Å². The first-order chi connectivity index (χ1) is 5.36. The van der Waals surface area contributed by atoms with Gasteiger partial charge in [-0.15, -0.1) is 0 Å². The molecule has 0 bridgehead atoms. The Bertz CT molecular complexity index is 241. The smallest absolute Gasteiger partial charge is 0.101 e. The molecule has 1 saturated heterocycles. The SMILES string of the molecule is Ic1ccc([C@H]2CCN2)cn1. The molecule has 1 atom stereocenters. The Kier molecular flexibility index (Phi) is 2.09. The lowest BCUT2D eigenvalue weighted by Gasteiger charge is -2.27. The number of aromatic nitrogens is 1. The Morgan fingerprint density at radius 2 is 2.36 bits per heavy atom. The van der Waals surface area contributed by atoms with E-state index in [1.54, 1.807) is 0 Å². The summed E-state index contributed by atoms with van der Waals surface area (Å²) in [5.41, 5.74) is 1.32. The van der Waals surface area contributed by atoms with Crippen LogP contribution in [0.3, 0.4) is 0 Å². The largest absolute Gasteiger partial charge is 0.310 e. The highest BCUT2D eigenvalue weighted by molar-refractivity contribution is 14.1. The number of rotatable bonds is 1. The molecular formula is C8H9IN2. The highest BCUT2D eigenvalue weighted by Gasteiger charge is 2.17. The molecule has 1 aromatic rings.